The van der Waals surface area contributed by atoms with E-state index in [-0.39, 0.29) is 17.9 Å². The third kappa shape index (κ3) is 3.51. The summed E-state index contributed by atoms with van der Waals surface area (Å²) in [7, 11) is 0. The lowest BCUT2D eigenvalue weighted by atomic mass is 10.0. The summed E-state index contributed by atoms with van der Waals surface area (Å²) in [6, 6.07) is 6.63. The van der Waals surface area contributed by atoms with Crippen LogP contribution < -0.4 is 4.90 Å². The summed E-state index contributed by atoms with van der Waals surface area (Å²) in [6.45, 7) is 2.55. The normalized spacial score (nSPS) is 14.5. The van der Waals surface area contributed by atoms with Gasteiger partial charge in [-0.15, -0.1) is 0 Å². The van der Waals surface area contributed by atoms with E-state index in [0.717, 1.165) is 5.82 Å². The molecule has 0 radical (unpaired) electrons. The Hall–Kier alpha value is -2.96. The summed E-state index contributed by atoms with van der Waals surface area (Å²) in [5.74, 6) is -0.255. The Kier molecular flexibility index (Phi) is 4.69. The number of hydrogen-bond acceptors (Lipinski definition) is 5. The van der Waals surface area contributed by atoms with E-state index in [0.29, 0.717) is 31.7 Å². The van der Waals surface area contributed by atoms with Gasteiger partial charge in [0.15, 0.2) is 0 Å². The minimum Gasteiger partial charge on any atom is -0.478 e. The van der Waals surface area contributed by atoms with Crippen LogP contribution in [0, 0.1) is 0 Å². The van der Waals surface area contributed by atoms with Crippen LogP contribution in [0.1, 0.15) is 15.9 Å². The summed E-state index contributed by atoms with van der Waals surface area (Å²) >= 11 is 0. The zero-order chi connectivity index (χ0) is 16.9. The van der Waals surface area contributed by atoms with Gasteiger partial charge < -0.3 is 14.9 Å². The third-order valence-corrected chi connectivity index (χ3v) is 4.10. The van der Waals surface area contributed by atoms with E-state index in [1.165, 1.54) is 6.07 Å². The lowest BCUT2D eigenvalue weighted by Gasteiger charge is -2.35. The number of piperazine rings is 1. The Morgan fingerprint density at radius 3 is 2.50 bits per heavy atom. The first-order chi connectivity index (χ1) is 11.6. The highest BCUT2D eigenvalue weighted by molar-refractivity contribution is 5.91. The topological polar surface area (TPSA) is 86.6 Å². The Balaban J connectivity index is 1.61. The van der Waals surface area contributed by atoms with E-state index in [4.69, 9.17) is 0 Å². The average Bonchev–Trinajstić information content (AvgIpc) is 2.63. The van der Waals surface area contributed by atoms with Crippen molar-refractivity contribution in [2.24, 2.45) is 0 Å². The van der Waals surface area contributed by atoms with E-state index >= 15 is 0 Å². The minimum absolute atomic E-state index is 0.0532. The van der Waals surface area contributed by atoms with Crippen LogP contribution in [0.2, 0.25) is 0 Å². The van der Waals surface area contributed by atoms with Gasteiger partial charge in [-0.25, -0.2) is 9.78 Å². The molecule has 0 saturated carbocycles. The first-order valence-electron chi connectivity index (χ1n) is 7.75. The van der Waals surface area contributed by atoms with Gasteiger partial charge in [0.2, 0.25) is 5.91 Å². The molecule has 1 aliphatic heterocycles. The highest BCUT2D eigenvalue weighted by atomic mass is 16.4. The van der Waals surface area contributed by atoms with Gasteiger partial charge in [-0.3, -0.25) is 9.78 Å². The number of anilines is 1. The van der Waals surface area contributed by atoms with Crippen LogP contribution in [0.4, 0.5) is 5.82 Å². The number of amides is 1. The number of carboxylic acids is 1. The molecule has 24 heavy (non-hydrogen) atoms. The maximum absolute atomic E-state index is 12.5. The predicted molar refractivity (Wildman–Crippen MR) is 87.9 cm³/mol. The maximum Gasteiger partial charge on any atom is 0.335 e. The number of benzene rings is 1. The molecule has 1 aromatic carbocycles. The van der Waals surface area contributed by atoms with Gasteiger partial charge in [0, 0.05) is 38.6 Å². The molecule has 0 spiro atoms. The van der Waals surface area contributed by atoms with Crippen LogP contribution in [-0.2, 0) is 11.2 Å². The molecular formula is C17H18N4O3. The molecule has 1 saturated heterocycles. The molecule has 1 amide bonds. The zero-order valence-electron chi connectivity index (χ0n) is 13.1. The predicted octanol–water partition coefficient (Wildman–Crippen LogP) is 1.07. The average molecular weight is 326 g/mol. The first-order valence-corrected chi connectivity index (χ1v) is 7.75. The molecule has 1 fully saturated rings. The number of carbonyl (C=O) groups is 2. The third-order valence-electron chi connectivity index (χ3n) is 4.10. The molecular weight excluding hydrogens is 308 g/mol. The summed E-state index contributed by atoms with van der Waals surface area (Å²) in [5.41, 5.74) is 0.732. The van der Waals surface area contributed by atoms with Crippen molar-refractivity contribution in [2.75, 3.05) is 31.1 Å². The Morgan fingerprint density at radius 2 is 1.83 bits per heavy atom. The van der Waals surface area contributed by atoms with Crippen LogP contribution in [0.25, 0.3) is 0 Å². The molecule has 1 aromatic heterocycles. The molecule has 0 atom stereocenters. The number of rotatable bonds is 4. The van der Waals surface area contributed by atoms with E-state index in [9.17, 15) is 14.7 Å². The van der Waals surface area contributed by atoms with Crippen molar-refractivity contribution in [3.05, 3.63) is 54.0 Å². The number of aromatic carboxylic acids is 1. The molecule has 3 rings (SSSR count). The fraction of sp³-hybridized carbons (Fsp3) is 0.294. The molecule has 7 heteroatoms. The highest BCUT2D eigenvalue weighted by Crippen LogP contribution is 2.14. The molecule has 1 aliphatic rings. The van der Waals surface area contributed by atoms with Gasteiger partial charge in [-0.1, -0.05) is 18.2 Å². The van der Waals surface area contributed by atoms with Gasteiger partial charge in [0.1, 0.15) is 5.82 Å². The Bertz CT molecular complexity index is 728. The van der Waals surface area contributed by atoms with Crippen molar-refractivity contribution < 1.29 is 14.7 Å². The molecule has 124 valence electrons. The quantitative estimate of drug-likeness (QED) is 0.904. The van der Waals surface area contributed by atoms with Crippen molar-refractivity contribution >= 4 is 17.7 Å². The molecule has 2 heterocycles. The van der Waals surface area contributed by atoms with Crippen LogP contribution in [0.5, 0.6) is 0 Å². The molecule has 0 bridgehead atoms. The lowest BCUT2D eigenvalue weighted by molar-refractivity contribution is -0.130. The number of hydrogen-bond donors (Lipinski definition) is 1. The molecule has 0 unspecified atom stereocenters. The minimum atomic E-state index is -1.01. The molecule has 1 N–H and O–H groups in total. The second-order valence-electron chi connectivity index (χ2n) is 5.57. The number of nitrogens with zero attached hydrogens (tertiary/aromatic N) is 4. The largest absolute Gasteiger partial charge is 0.478 e. The summed E-state index contributed by atoms with van der Waals surface area (Å²) < 4.78 is 0. The lowest BCUT2D eigenvalue weighted by Crippen LogP contribution is -2.49. The first kappa shape index (κ1) is 15.9. The Morgan fingerprint density at radius 1 is 1.08 bits per heavy atom. The zero-order valence-corrected chi connectivity index (χ0v) is 13.1. The van der Waals surface area contributed by atoms with Gasteiger partial charge >= 0.3 is 5.97 Å². The summed E-state index contributed by atoms with van der Waals surface area (Å²) in [5, 5.41) is 9.21. The van der Waals surface area contributed by atoms with Crippen LogP contribution >= 0.6 is 0 Å². The highest BCUT2D eigenvalue weighted by Gasteiger charge is 2.23. The fourth-order valence-corrected chi connectivity index (χ4v) is 2.80. The van der Waals surface area contributed by atoms with Gasteiger partial charge in [0.05, 0.1) is 18.2 Å². The van der Waals surface area contributed by atoms with Gasteiger partial charge in [-0.2, -0.15) is 0 Å². The van der Waals surface area contributed by atoms with E-state index in [2.05, 4.69) is 14.9 Å². The summed E-state index contributed by atoms with van der Waals surface area (Å²) in [4.78, 5) is 35.9. The Labute approximate surface area is 139 Å². The van der Waals surface area contributed by atoms with Crippen LogP contribution in [-0.4, -0.2) is 58.0 Å². The standard InChI is InChI=1S/C17H18N4O3/c22-16(11-13-3-1-2-4-14(13)17(23)24)21-9-7-20(8-10-21)15-12-18-5-6-19-15/h1-6,12H,7-11H2,(H,23,24). The smallest absolute Gasteiger partial charge is 0.335 e. The number of carboxylic acid groups (broad SMARTS) is 1. The molecule has 2 aromatic rings. The maximum atomic E-state index is 12.5. The van der Waals surface area contributed by atoms with E-state index < -0.39 is 5.97 Å². The monoisotopic (exact) mass is 326 g/mol. The van der Waals surface area contributed by atoms with Gasteiger partial charge in [0.25, 0.3) is 0 Å². The van der Waals surface area contributed by atoms with E-state index in [1.807, 2.05) is 0 Å². The second-order valence-corrected chi connectivity index (χ2v) is 5.57. The number of aromatic nitrogens is 2. The van der Waals surface area contributed by atoms with Crippen molar-refractivity contribution in [3.63, 3.8) is 0 Å². The van der Waals surface area contributed by atoms with E-state index in [1.54, 1.807) is 41.7 Å². The SMILES string of the molecule is O=C(O)c1ccccc1CC(=O)N1CCN(c2cnccn2)CC1. The second kappa shape index (κ2) is 7.08. The molecule has 0 aliphatic carbocycles. The number of carbonyl (C=O) groups excluding carboxylic acids is 1. The van der Waals surface area contributed by atoms with Crippen LogP contribution in [0.3, 0.4) is 0 Å². The van der Waals surface area contributed by atoms with Crippen molar-refractivity contribution in [1.29, 1.82) is 0 Å². The van der Waals surface area contributed by atoms with Crippen molar-refractivity contribution in [2.45, 2.75) is 6.42 Å². The van der Waals surface area contributed by atoms with Crippen molar-refractivity contribution in [3.8, 4) is 0 Å². The fourth-order valence-electron chi connectivity index (χ4n) is 2.80. The van der Waals surface area contributed by atoms with Crippen molar-refractivity contribution in [1.82, 2.24) is 14.9 Å². The molecule has 7 nitrogen and oxygen atoms in total. The summed E-state index contributed by atoms with van der Waals surface area (Å²) in [6.07, 6.45) is 5.09. The van der Waals surface area contributed by atoms with Crippen LogP contribution in [0.15, 0.2) is 42.9 Å². The van der Waals surface area contributed by atoms with Gasteiger partial charge in [-0.05, 0) is 11.6 Å².